The number of nitrogens with one attached hydrogen (secondary N) is 1. The van der Waals surface area contributed by atoms with Crippen LogP contribution < -0.4 is 19.5 Å². The first-order chi connectivity index (χ1) is 15.0. The lowest BCUT2D eigenvalue weighted by Crippen LogP contribution is -2.42. The molecule has 1 heterocycles. The molecule has 3 aromatic rings. The van der Waals surface area contributed by atoms with Crippen molar-refractivity contribution in [2.24, 2.45) is 0 Å². The molecule has 0 saturated carbocycles. The van der Waals surface area contributed by atoms with Gasteiger partial charge in [-0.25, -0.2) is 0 Å². The van der Waals surface area contributed by atoms with Gasteiger partial charge in [-0.1, -0.05) is 42.0 Å². The second-order valence-corrected chi connectivity index (χ2v) is 7.46. The van der Waals surface area contributed by atoms with Crippen molar-refractivity contribution in [3.63, 3.8) is 0 Å². The van der Waals surface area contributed by atoms with Crippen molar-refractivity contribution >= 4 is 11.6 Å². The van der Waals surface area contributed by atoms with Gasteiger partial charge in [0.2, 0.25) is 0 Å². The standard InChI is InChI=1S/C25H26N2O4/c1-16-9-11-17(12-10-16)15-27-24(26-20-8-6-5-7-18(20)25(27)28)19-13-22(30-3)23(31-4)14-21(19)29-2/h5-14,24,26H,15H2,1-4H3. The molecule has 31 heavy (non-hydrogen) atoms. The fraction of sp³-hybridized carbons (Fsp3) is 0.240. The molecule has 0 saturated heterocycles. The smallest absolute Gasteiger partial charge is 0.258 e. The maximum atomic E-state index is 13.5. The predicted octanol–water partition coefficient (Wildman–Crippen LogP) is 4.79. The minimum absolute atomic E-state index is 0.0447. The highest BCUT2D eigenvalue weighted by Crippen LogP contribution is 2.42. The number of carbonyl (C=O) groups is 1. The van der Waals surface area contributed by atoms with Crippen molar-refractivity contribution in [2.75, 3.05) is 26.6 Å². The number of benzene rings is 3. The number of amides is 1. The van der Waals surface area contributed by atoms with E-state index in [0.717, 1.165) is 16.8 Å². The van der Waals surface area contributed by atoms with Gasteiger partial charge in [0.05, 0.1) is 26.9 Å². The number of aryl methyl sites for hydroxylation is 1. The Hall–Kier alpha value is -3.67. The number of methoxy groups -OCH3 is 3. The van der Waals surface area contributed by atoms with Crippen LogP contribution in [0, 0.1) is 6.92 Å². The first-order valence-corrected chi connectivity index (χ1v) is 10.1. The summed E-state index contributed by atoms with van der Waals surface area (Å²) >= 11 is 0. The predicted molar refractivity (Wildman–Crippen MR) is 120 cm³/mol. The molecule has 0 radical (unpaired) electrons. The van der Waals surface area contributed by atoms with Gasteiger partial charge < -0.3 is 24.4 Å². The molecule has 1 amide bonds. The van der Waals surface area contributed by atoms with Crippen molar-refractivity contribution in [1.29, 1.82) is 0 Å². The quantitative estimate of drug-likeness (QED) is 0.624. The van der Waals surface area contributed by atoms with Crippen LogP contribution in [0.25, 0.3) is 0 Å². The molecule has 1 aliphatic heterocycles. The number of anilines is 1. The Morgan fingerprint density at radius 3 is 2.19 bits per heavy atom. The van der Waals surface area contributed by atoms with E-state index < -0.39 is 6.17 Å². The van der Waals surface area contributed by atoms with E-state index in [9.17, 15) is 4.79 Å². The summed E-state index contributed by atoms with van der Waals surface area (Å²) in [6.07, 6.45) is -0.446. The van der Waals surface area contributed by atoms with E-state index in [4.69, 9.17) is 14.2 Å². The molecule has 160 valence electrons. The van der Waals surface area contributed by atoms with Gasteiger partial charge in [-0.15, -0.1) is 0 Å². The minimum Gasteiger partial charge on any atom is -0.496 e. The number of carbonyl (C=O) groups excluding carboxylic acids is 1. The van der Waals surface area contributed by atoms with Crippen LogP contribution >= 0.6 is 0 Å². The van der Waals surface area contributed by atoms with Gasteiger partial charge in [-0.05, 0) is 30.7 Å². The summed E-state index contributed by atoms with van der Waals surface area (Å²) in [6.45, 7) is 2.49. The van der Waals surface area contributed by atoms with Crippen molar-refractivity contribution in [3.05, 3.63) is 82.9 Å². The molecule has 1 N–H and O–H groups in total. The van der Waals surface area contributed by atoms with Crippen LogP contribution in [0.4, 0.5) is 5.69 Å². The Balaban J connectivity index is 1.83. The summed E-state index contributed by atoms with van der Waals surface area (Å²) in [7, 11) is 4.78. The maximum absolute atomic E-state index is 13.5. The number of fused-ring (bicyclic) bond motifs is 1. The zero-order chi connectivity index (χ0) is 22.0. The van der Waals surface area contributed by atoms with Crippen LogP contribution in [0.2, 0.25) is 0 Å². The van der Waals surface area contributed by atoms with E-state index in [1.54, 1.807) is 27.4 Å². The summed E-state index contributed by atoms with van der Waals surface area (Å²) in [6, 6.07) is 19.4. The van der Waals surface area contributed by atoms with E-state index in [1.807, 2.05) is 54.3 Å². The molecule has 1 aliphatic rings. The van der Waals surface area contributed by atoms with Crippen LogP contribution in [-0.2, 0) is 6.54 Å². The summed E-state index contributed by atoms with van der Waals surface area (Å²) in [5.41, 5.74) is 4.44. The third-order valence-corrected chi connectivity index (χ3v) is 5.53. The Bertz CT molecular complexity index is 1100. The molecule has 4 rings (SSSR count). The van der Waals surface area contributed by atoms with Crippen LogP contribution in [0.3, 0.4) is 0 Å². The van der Waals surface area contributed by atoms with Gasteiger partial charge in [0.1, 0.15) is 11.9 Å². The van der Waals surface area contributed by atoms with Gasteiger partial charge in [-0.2, -0.15) is 0 Å². The second-order valence-electron chi connectivity index (χ2n) is 7.46. The molecule has 1 unspecified atom stereocenters. The highest BCUT2D eigenvalue weighted by atomic mass is 16.5. The number of hydrogen-bond acceptors (Lipinski definition) is 5. The molecule has 0 spiro atoms. The molecular formula is C25H26N2O4. The van der Waals surface area contributed by atoms with Crippen LogP contribution in [0.15, 0.2) is 60.7 Å². The van der Waals surface area contributed by atoms with E-state index in [2.05, 4.69) is 17.4 Å². The van der Waals surface area contributed by atoms with Gasteiger partial charge in [-0.3, -0.25) is 4.79 Å². The third-order valence-electron chi connectivity index (χ3n) is 5.53. The summed E-state index contributed by atoms with van der Waals surface area (Å²) in [4.78, 5) is 15.4. The fourth-order valence-corrected chi connectivity index (χ4v) is 3.86. The normalized spacial score (nSPS) is 15.2. The number of hydrogen-bond donors (Lipinski definition) is 1. The van der Waals surface area contributed by atoms with Gasteiger partial charge >= 0.3 is 0 Å². The highest BCUT2D eigenvalue weighted by molar-refractivity contribution is 6.01. The maximum Gasteiger partial charge on any atom is 0.258 e. The van der Waals surface area contributed by atoms with Crippen molar-refractivity contribution in [1.82, 2.24) is 4.90 Å². The zero-order valence-corrected chi connectivity index (χ0v) is 18.1. The largest absolute Gasteiger partial charge is 0.496 e. The van der Waals surface area contributed by atoms with Gasteiger partial charge in [0.25, 0.3) is 5.91 Å². The Morgan fingerprint density at radius 2 is 1.52 bits per heavy atom. The third kappa shape index (κ3) is 3.89. The highest BCUT2D eigenvalue weighted by Gasteiger charge is 2.35. The van der Waals surface area contributed by atoms with E-state index >= 15 is 0 Å². The summed E-state index contributed by atoms with van der Waals surface area (Å²) in [5.74, 6) is 1.70. The zero-order valence-electron chi connectivity index (χ0n) is 18.1. The molecule has 6 heteroatoms. The van der Waals surface area contributed by atoms with Crippen LogP contribution in [0.1, 0.15) is 33.2 Å². The number of para-hydroxylation sites is 1. The summed E-state index contributed by atoms with van der Waals surface area (Å²) in [5, 5.41) is 3.52. The summed E-state index contributed by atoms with van der Waals surface area (Å²) < 4.78 is 16.6. The lowest BCUT2D eigenvalue weighted by Gasteiger charge is -2.39. The van der Waals surface area contributed by atoms with E-state index in [1.165, 1.54) is 5.56 Å². The average molecular weight is 418 g/mol. The molecule has 0 fully saturated rings. The van der Waals surface area contributed by atoms with Crippen molar-refractivity contribution in [3.8, 4) is 17.2 Å². The average Bonchev–Trinajstić information content (AvgIpc) is 2.81. The molecule has 3 aromatic carbocycles. The van der Waals surface area contributed by atoms with E-state index in [0.29, 0.717) is 29.4 Å². The molecule has 0 bridgehead atoms. The lowest BCUT2D eigenvalue weighted by atomic mass is 10.0. The topological polar surface area (TPSA) is 60.0 Å². The van der Waals surface area contributed by atoms with Crippen molar-refractivity contribution in [2.45, 2.75) is 19.6 Å². The Kier molecular flexibility index (Phi) is 5.71. The molecule has 0 aliphatic carbocycles. The van der Waals surface area contributed by atoms with Crippen LogP contribution in [-0.4, -0.2) is 32.1 Å². The SMILES string of the molecule is COc1cc(OC)c(C2Nc3ccccc3C(=O)N2Cc2ccc(C)cc2)cc1OC. The molecule has 6 nitrogen and oxygen atoms in total. The number of ether oxygens (including phenoxy) is 3. The van der Waals surface area contributed by atoms with Crippen molar-refractivity contribution < 1.29 is 19.0 Å². The van der Waals surface area contributed by atoms with Gasteiger partial charge in [0.15, 0.2) is 11.5 Å². The molecule has 0 aromatic heterocycles. The van der Waals surface area contributed by atoms with E-state index in [-0.39, 0.29) is 5.91 Å². The Morgan fingerprint density at radius 1 is 0.871 bits per heavy atom. The second kappa shape index (κ2) is 8.60. The molecular weight excluding hydrogens is 392 g/mol. The first-order valence-electron chi connectivity index (χ1n) is 10.1. The van der Waals surface area contributed by atoms with Gasteiger partial charge in [0, 0.05) is 23.9 Å². The monoisotopic (exact) mass is 418 g/mol. The number of nitrogens with zero attached hydrogens (tertiary/aromatic N) is 1. The van der Waals surface area contributed by atoms with Crippen LogP contribution in [0.5, 0.6) is 17.2 Å². The molecule has 1 atom stereocenters. The first kappa shape index (κ1) is 20.6. The Labute approximate surface area is 182 Å². The fourth-order valence-electron chi connectivity index (χ4n) is 3.86. The lowest BCUT2D eigenvalue weighted by molar-refractivity contribution is 0.0664. The number of rotatable bonds is 6. The minimum atomic E-state index is -0.446.